The molecule has 30 heavy (non-hydrogen) atoms. The highest BCUT2D eigenvalue weighted by atomic mass is 16.6. The van der Waals surface area contributed by atoms with Gasteiger partial charge >= 0.3 is 11.9 Å². The van der Waals surface area contributed by atoms with E-state index in [1.54, 1.807) is 50.6 Å². The Kier molecular flexibility index (Phi) is 6.46. The van der Waals surface area contributed by atoms with E-state index in [1.165, 1.54) is 14.2 Å². The quantitative estimate of drug-likeness (QED) is 0.600. The third kappa shape index (κ3) is 4.48. The van der Waals surface area contributed by atoms with E-state index < -0.39 is 12.1 Å². The molecule has 1 aromatic heterocycles. The molecule has 0 radical (unpaired) electrons. The Labute approximate surface area is 173 Å². The van der Waals surface area contributed by atoms with Gasteiger partial charge in [-0.15, -0.1) is 0 Å². The van der Waals surface area contributed by atoms with Gasteiger partial charge in [0.2, 0.25) is 5.76 Å². The zero-order valence-corrected chi connectivity index (χ0v) is 17.1. The lowest BCUT2D eigenvalue weighted by Gasteiger charge is -2.06. The lowest BCUT2D eigenvalue weighted by atomic mass is 10.1. The molecule has 0 bridgehead atoms. The van der Waals surface area contributed by atoms with Gasteiger partial charge < -0.3 is 28.1 Å². The summed E-state index contributed by atoms with van der Waals surface area (Å²) >= 11 is 0. The topological polar surface area (TPSA) is 93.4 Å². The second-order valence-electron chi connectivity index (χ2n) is 6.31. The summed E-state index contributed by atoms with van der Waals surface area (Å²) in [4.78, 5) is 22.4. The van der Waals surface area contributed by atoms with Crippen LogP contribution in [0.15, 0.2) is 46.9 Å². The SMILES string of the molecule is COC(=O)C1Cc2cc(OC)ccc2O1.COC(=O)c1cc2cc(OC)ccc2o1. The number of carbonyl (C=O) groups excluding carboxylic acids is 2. The van der Waals surface area contributed by atoms with E-state index in [0.717, 1.165) is 28.2 Å². The highest BCUT2D eigenvalue weighted by molar-refractivity contribution is 5.92. The molecule has 0 amide bonds. The zero-order valence-electron chi connectivity index (χ0n) is 17.1. The lowest BCUT2D eigenvalue weighted by molar-refractivity contribution is -0.147. The summed E-state index contributed by atoms with van der Waals surface area (Å²) in [5.74, 6) is 1.59. The monoisotopic (exact) mass is 414 g/mol. The van der Waals surface area contributed by atoms with E-state index in [1.807, 2.05) is 6.07 Å². The summed E-state index contributed by atoms with van der Waals surface area (Å²) in [6.07, 6.45) is 0.0243. The van der Waals surface area contributed by atoms with E-state index in [2.05, 4.69) is 9.47 Å². The molecule has 3 aromatic rings. The average molecular weight is 414 g/mol. The van der Waals surface area contributed by atoms with E-state index in [-0.39, 0.29) is 11.7 Å². The minimum Gasteiger partial charge on any atom is -0.497 e. The largest absolute Gasteiger partial charge is 0.497 e. The van der Waals surface area contributed by atoms with Crippen LogP contribution < -0.4 is 14.2 Å². The molecule has 0 fully saturated rings. The molecule has 4 rings (SSSR count). The standard InChI is InChI=1S/C11H12O4.C11H10O4/c2*1-13-8-3-4-9-7(5-8)6-10(15-9)11(12)14-2/h3-5,10H,6H2,1-2H3;3-6H,1-2H3. The molecule has 1 unspecified atom stereocenters. The number of rotatable bonds is 4. The van der Waals surface area contributed by atoms with Crippen molar-refractivity contribution < 1.29 is 37.7 Å². The summed E-state index contributed by atoms with van der Waals surface area (Å²) < 4.78 is 30.1. The van der Waals surface area contributed by atoms with Crippen LogP contribution in [0, 0.1) is 0 Å². The fourth-order valence-corrected chi connectivity index (χ4v) is 2.96. The van der Waals surface area contributed by atoms with Gasteiger partial charge in [0.05, 0.1) is 28.4 Å². The number of esters is 2. The summed E-state index contributed by atoms with van der Waals surface area (Å²) in [5, 5.41) is 0.815. The Morgan fingerprint density at radius 1 is 0.900 bits per heavy atom. The van der Waals surface area contributed by atoms with Gasteiger partial charge in [-0.1, -0.05) is 0 Å². The minimum absolute atomic E-state index is 0.195. The van der Waals surface area contributed by atoms with E-state index in [4.69, 9.17) is 18.6 Å². The van der Waals surface area contributed by atoms with Crippen molar-refractivity contribution in [2.75, 3.05) is 28.4 Å². The van der Waals surface area contributed by atoms with Crippen molar-refractivity contribution in [3.05, 3.63) is 53.8 Å². The molecule has 1 aliphatic heterocycles. The molecule has 1 aliphatic rings. The second-order valence-corrected chi connectivity index (χ2v) is 6.31. The number of hydrogen-bond donors (Lipinski definition) is 0. The first kappa shape index (κ1) is 21.0. The molecule has 0 N–H and O–H groups in total. The Hall–Kier alpha value is -3.68. The molecule has 0 spiro atoms. The van der Waals surface area contributed by atoms with Crippen LogP contribution in [0.3, 0.4) is 0 Å². The van der Waals surface area contributed by atoms with Gasteiger partial charge in [-0.25, -0.2) is 9.59 Å². The first-order valence-electron chi connectivity index (χ1n) is 9.06. The van der Waals surface area contributed by atoms with Crippen LogP contribution in [0.4, 0.5) is 0 Å². The van der Waals surface area contributed by atoms with Gasteiger partial charge in [0.25, 0.3) is 0 Å². The number of carbonyl (C=O) groups is 2. The summed E-state index contributed by atoms with van der Waals surface area (Å²) in [6, 6.07) is 12.4. The Bertz CT molecular complexity index is 1050. The smallest absolute Gasteiger partial charge is 0.373 e. The van der Waals surface area contributed by atoms with Crippen LogP contribution in [-0.4, -0.2) is 46.5 Å². The Morgan fingerprint density at radius 2 is 1.60 bits per heavy atom. The van der Waals surface area contributed by atoms with Crippen LogP contribution >= 0.6 is 0 Å². The maximum absolute atomic E-state index is 11.3. The van der Waals surface area contributed by atoms with Crippen molar-refractivity contribution in [2.45, 2.75) is 12.5 Å². The second kappa shape index (κ2) is 9.21. The van der Waals surface area contributed by atoms with Crippen molar-refractivity contribution in [3.63, 3.8) is 0 Å². The van der Waals surface area contributed by atoms with Gasteiger partial charge in [0, 0.05) is 17.4 Å². The summed E-state index contributed by atoms with van der Waals surface area (Å²) in [7, 11) is 5.86. The van der Waals surface area contributed by atoms with Crippen LogP contribution in [0.25, 0.3) is 11.0 Å². The third-order valence-electron chi connectivity index (χ3n) is 4.52. The number of methoxy groups -OCH3 is 4. The van der Waals surface area contributed by atoms with Crippen molar-refractivity contribution in [1.29, 1.82) is 0 Å². The van der Waals surface area contributed by atoms with Gasteiger partial charge in [0.15, 0.2) is 6.10 Å². The predicted molar refractivity (Wildman–Crippen MR) is 107 cm³/mol. The number of ether oxygens (including phenoxy) is 5. The predicted octanol–water partition coefficient (Wildman–Crippen LogP) is 3.40. The minimum atomic E-state index is -0.517. The summed E-state index contributed by atoms with van der Waals surface area (Å²) in [6.45, 7) is 0. The lowest BCUT2D eigenvalue weighted by Crippen LogP contribution is -2.26. The molecule has 0 saturated heterocycles. The Balaban J connectivity index is 0.000000171. The summed E-state index contributed by atoms with van der Waals surface area (Å²) in [5.41, 5.74) is 1.61. The number of furan rings is 1. The molecule has 0 saturated carbocycles. The molecule has 8 nitrogen and oxygen atoms in total. The highest BCUT2D eigenvalue weighted by Gasteiger charge is 2.30. The zero-order chi connectivity index (χ0) is 21.7. The fourth-order valence-electron chi connectivity index (χ4n) is 2.96. The van der Waals surface area contributed by atoms with E-state index >= 15 is 0 Å². The van der Waals surface area contributed by atoms with Crippen LogP contribution in [0.1, 0.15) is 16.1 Å². The van der Waals surface area contributed by atoms with Crippen LogP contribution in [0.5, 0.6) is 17.2 Å². The average Bonchev–Trinajstić information content (AvgIpc) is 3.41. The fraction of sp³-hybridized carbons (Fsp3) is 0.273. The first-order valence-corrected chi connectivity index (χ1v) is 9.06. The van der Waals surface area contributed by atoms with Crippen LogP contribution in [-0.2, 0) is 20.7 Å². The first-order chi connectivity index (χ1) is 14.5. The van der Waals surface area contributed by atoms with Crippen molar-refractivity contribution >= 4 is 22.9 Å². The van der Waals surface area contributed by atoms with Crippen molar-refractivity contribution in [1.82, 2.24) is 0 Å². The maximum atomic E-state index is 11.3. The van der Waals surface area contributed by atoms with Gasteiger partial charge in [0.1, 0.15) is 22.8 Å². The molecular formula is C22H22O8. The van der Waals surface area contributed by atoms with Crippen LogP contribution in [0.2, 0.25) is 0 Å². The normalized spacial score (nSPS) is 14.1. The molecule has 2 heterocycles. The number of benzene rings is 2. The van der Waals surface area contributed by atoms with Gasteiger partial charge in [-0.3, -0.25) is 0 Å². The van der Waals surface area contributed by atoms with E-state index in [9.17, 15) is 9.59 Å². The highest BCUT2D eigenvalue weighted by Crippen LogP contribution is 2.32. The Morgan fingerprint density at radius 3 is 2.27 bits per heavy atom. The number of fused-ring (bicyclic) bond motifs is 2. The van der Waals surface area contributed by atoms with Crippen molar-refractivity contribution in [2.24, 2.45) is 0 Å². The molecule has 0 aliphatic carbocycles. The van der Waals surface area contributed by atoms with E-state index in [0.29, 0.717) is 12.0 Å². The third-order valence-corrected chi connectivity index (χ3v) is 4.52. The van der Waals surface area contributed by atoms with Crippen molar-refractivity contribution in [3.8, 4) is 17.2 Å². The molecule has 2 aromatic carbocycles. The maximum Gasteiger partial charge on any atom is 0.373 e. The number of hydrogen-bond acceptors (Lipinski definition) is 8. The molecule has 1 atom stereocenters. The molecular weight excluding hydrogens is 392 g/mol. The molecule has 8 heteroatoms. The van der Waals surface area contributed by atoms with Gasteiger partial charge in [-0.2, -0.15) is 0 Å². The van der Waals surface area contributed by atoms with Gasteiger partial charge in [-0.05, 0) is 42.5 Å². The molecule has 158 valence electrons.